The van der Waals surface area contributed by atoms with Crippen LogP contribution in [-0.2, 0) is 0 Å². The first-order valence-corrected chi connectivity index (χ1v) is 5.34. The van der Waals surface area contributed by atoms with E-state index in [0.717, 1.165) is 22.9 Å². The molecule has 3 heteroatoms. The Morgan fingerprint density at radius 3 is 2.64 bits per heavy atom. The van der Waals surface area contributed by atoms with E-state index in [1.54, 1.807) is 0 Å². The molecule has 1 nitrogen and oxygen atoms in total. The third-order valence-electron chi connectivity index (χ3n) is 2.30. The van der Waals surface area contributed by atoms with Gasteiger partial charge < -0.3 is 5.73 Å². The van der Waals surface area contributed by atoms with Gasteiger partial charge in [-0.2, -0.15) is 0 Å². The SMILES string of the molecule is NC1CC(=Cc2cc(F)cc(Br)c2)C1. The van der Waals surface area contributed by atoms with Gasteiger partial charge in [-0.1, -0.05) is 27.6 Å². The van der Waals surface area contributed by atoms with Gasteiger partial charge in [0.05, 0.1) is 0 Å². The molecular weight excluding hydrogens is 245 g/mol. The quantitative estimate of drug-likeness (QED) is 0.820. The molecule has 1 aliphatic carbocycles. The minimum absolute atomic E-state index is 0.213. The van der Waals surface area contributed by atoms with Crippen molar-refractivity contribution in [2.75, 3.05) is 0 Å². The van der Waals surface area contributed by atoms with Crippen LogP contribution in [0, 0.1) is 5.82 Å². The second kappa shape index (κ2) is 3.83. The molecule has 0 atom stereocenters. The fourth-order valence-electron chi connectivity index (χ4n) is 1.63. The summed E-state index contributed by atoms with van der Waals surface area (Å²) in [6.07, 6.45) is 3.89. The molecule has 1 aromatic carbocycles. The molecule has 0 bridgehead atoms. The molecule has 1 aliphatic rings. The van der Waals surface area contributed by atoms with Crippen molar-refractivity contribution in [3.8, 4) is 0 Å². The van der Waals surface area contributed by atoms with Crippen molar-refractivity contribution in [3.05, 3.63) is 39.6 Å². The lowest BCUT2D eigenvalue weighted by Gasteiger charge is -2.25. The van der Waals surface area contributed by atoms with Crippen molar-refractivity contribution in [2.45, 2.75) is 18.9 Å². The van der Waals surface area contributed by atoms with E-state index in [9.17, 15) is 4.39 Å². The first-order chi connectivity index (χ1) is 6.63. The minimum atomic E-state index is -0.213. The summed E-state index contributed by atoms with van der Waals surface area (Å²) >= 11 is 3.26. The highest BCUT2D eigenvalue weighted by Crippen LogP contribution is 2.27. The van der Waals surface area contributed by atoms with E-state index in [2.05, 4.69) is 15.9 Å². The Balaban J connectivity index is 2.21. The fraction of sp³-hybridized carbons (Fsp3) is 0.273. The van der Waals surface area contributed by atoms with Gasteiger partial charge in [-0.15, -0.1) is 0 Å². The molecule has 0 unspecified atom stereocenters. The zero-order valence-electron chi connectivity index (χ0n) is 7.63. The van der Waals surface area contributed by atoms with E-state index in [4.69, 9.17) is 5.73 Å². The second-order valence-corrected chi connectivity index (χ2v) is 4.59. The summed E-state index contributed by atoms with van der Waals surface area (Å²) in [6, 6.07) is 5.19. The van der Waals surface area contributed by atoms with Crippen LogP contribution in [0.1, 0.15) is 18.4 Å². The van der Waals surface area contributed by atoms with E-state index in [1.165, 1.54) is 17.7 Å². The molecule has 1 saturated carbocycles. The Hall–Kier alpha value is -0.670. The van der Waals surface area contributed by atoms with E-state index < -0.39 is 0 Å². The second-order valence-electron chi connectivity index (χ2n) is 3.67. The lowest BCUT2D eigenvalue weighted by molar-refractivity contribution is 0.547. The van der Waals surface area contributed by atoms with Crippen molar-refractivity contribution in [1.82, 2.24) is 0 Å². The number of hydrogen-bond acceptors (Lipinski definition) is 1. The van der Waals surface area contributed by atoms with Crippen LogP contribution in [0.3, 0.4) is 0 Å². The first kappa shape index (κ1) is 9.87. The molecule has 0 spiro atoms. The van der Waals surface area contributed by atoms with Gasteiger partial charge in [0.25, 0.3) is 0 Å². The minimum Gasteiger partial charge on any atom is -0.327 e. The third-order valence-corrected chi connectivity index (χ3v) is 2.76. The van der Waals surface area contributed by atoms with E-state index in [-0.39, 0.29) is 5.82 Å². The smallest absolute Gasteiger partial charge is 0.124 e. The van der Waals surface area contributed by atoms with Crippen LogP contribution in [0.5, 0.6) is 0 Å². The maximum Gasteiger partial charge on any atom is 0.124 e. The van der Waals surface area contributed by atoms with Crippen LogP contribution < -0.4 is 5.73 Å². The van der Waals surface area contributed by atoms with E-state index >= 15 is 0 Å². The number of rotatable bonds is 1. The molecule has 0 radical (unpaired) electrons. The Morgan fingerprint density at radius 2 is 2.07 bits per heavy atom. The number of benzene rings is 1. The highest BCUT2D eigenvalue weighted by Gasteiger charge is 2.18. The maximum absolute atomic E-state index is 13.0. The van der Waals surface area contributed by atoms with Crippen molar-refractivity contribution >= 4 is 22.0 Å². The zero-order chi connectivity index (χ0) is 10.1. The number of hydrogen-bond donors (Lipinski definition) is 1. The van der Waals surface area contributed by atoms with Crippen molar-refractivity contribution in [3.63, 3.8) is 0 Å². The Bertz CT molecular complexity index is 359. The predicted octanol–water partition coefficient (Wildman–Crippen LogP) is 3.09. The maximum atomic E-state index is 13.0. The summed E-state index contributed by atoms with van der Waals surface area (Å²) in [5.41, 5.74) is 7.86. The highest BCUT2D eigenvalue weighted by atomic mass is 79.9. The van der Waals surface area contributed by atoms with E-state index in [1.807, 2.05) is 12.1 Å². The molecule has 2 rings (SSSR count). The molecule has 1 aromatic rings. The van der Waals surface area contributed by atoms with Crippen LogP contribution in [0.15, 0.2) is 28.2 Å². The van der Waals surface area contributed by atoms with Crippen molar-refractivity contribution < 1.29 is 4.39 Å². The molecule has 14 heavy (non-hydrogen) atoms. The molecule has 74 valence electrons. The third kappa shape index (κ3) is 2.22. The first-order valence-electron chi connectivity index (χ1n) is 4.54. The predicted molar refractivity (Wildman–Crippen MR) is 59.3 cm³/mol. The monoisotopic (exact) mass is 255 g/mol. The molecule has 1 fully saturated rings. The van der Waals surface area contributed by atoms with Crippen LogP contribution in [-0.4, -0.2) is 6.04 Å². The molecule has 0 amide bonds. The summed E-state index contributed by atoms with van der Waals surface area (Å²) in [6.45, 7) is 0. The fourth-order valence-corrected chi connectivity index (χ4v) is 2.11. The van der Waals surface area contributed by atoms with Crippen LogP contribution in [0.25, 0.3) is 6.08 Å². The molecular formula is C11H11BrFN. The Kier molecular flexibility index (Phi) is 2.70. The van der Waals surface area contributed by atoms with Crippen LogP contribution in [0.2, 0.25) is 0 Å². The normalized spacial score (nSPS) is 20.5. The Morgan fingerprint density at radius 1 is 1.36 bits per heavy atom. The van der Waals surface area contributed by atoms with Gasteiger partial charge in [-0.05, 0) is 36.6 Å². The topological polar surface area (TPSA) is 26.0 Å². The molecule has 0 aromatic heterocycles. The largest absolute Gasteiger partial charge is 0.327 e. The summed E-state index contributed by atoms with van der Waals surface area (Å²) in [7, 11) is 0. The summed E-state index contributed by atoms with van der Waals surface area (Å²) in [5.74, 6) is -0.213. The van der Waals surface area contributed by atoms with Crippen molar-refractivity contribution in [2.24, 2.45) is 5.73 Å². The van der Waals surface area contributed by atoms with Gasteiger partial charge in [0.2, 0.25) is 0 Å². The average Bonchev–Trinajstić information content (AvgIpc) is 1.99. The van der Waals surface area contributed by atoms with Gasteiger partial charge in [-0.25, -0.2) is 4.39 Å². The van der Waals surface area contributed by atoms with Gasteiger partial charge in [0.15, 0.2) is 0 Å². The standard InChI is InChI=1S/C11H11BrFN/c12-9-2-7(3-10(13)6-9)1-8-4-11(14)5-8/h1-3,6,11H,4-5,14H2. The summed E-state index contributed by atoms with van der Waals surface area (Å²) in [4.78, 5) is 0. The average molecular weight is 256 g/mol. The van der Waals surface area contributed by atoms with Crippen LogP contribution in [0.4, 0.5) is 4.39 Å². The molecule has 2 N–H and O–H groups in total. The van der Waals surface area contributed by atoms with Crippen molar-refractivity contribution in [1.29, 1.82) is 0 Å². The lowest BCUT2D eigenvalue weighted by atomic mass is 9.86. The van der Waals surface area contributed by atoms with Gasteiger partial charge in [-0.3, -0.25) is 0 Å². The van der Waals surface area contributed by atoms with Crippen LogP contribution >= 0.6 is 15.9 Å². The Labute approximate surface area is 90.9 Å². The molecule has 0 heterocycles. The zero-order valence-corrected chi connectivity index (χ0v) is 9.22. The molecule has 0 aliphatic heterocycles. The lowest BCUT2D eigenvalue weighted by Crippen LogP contribution is -2.29. The summed E-state index contributed by atoms with van der Waals surface area (Å²) in [5, 5.41) is 0. The van der Waals surface area contributed by atoms with Gasteiger partial charge in [0, 0.05) is 10.5 Å². The number of halogens is 2. The summed E-state index contributed by atoms with van der Waals surface area (Å²) < 4.78 is 13.8. The van der Waals surface area contributed by atoms with Gasteiger partial charge in [0.1, 0.15) is 5.82 Å². The molecule has 0 saturated heterocycles. The number of nitrogens with two attached hydrogens (primary N) is 1. The highest BCUT2D eigenvalue weighted by molar-refractivity contribution is 9.10. The van der Waals surface area contributed by atoms with Gasteiger partial charge >= 0.3 is 0 Å². The van der Waals surface area contributed by atoms with E-state index in [0.29, 0.717) is 6.04 Å².